The summed E-state index contributed by atoms with van der Waals surface area (Å²) in [5.41, 5.74) is 5.26. The second-order valence-corrected chi connectivity index (χ2v) is 4.49. The Kier molecular flexibility index (Phi) is 4.45. The van der Waals surface area contributed by atoms with Crippen LogP contribution in [0.3, 0.4) is 0 Å². The van der Waals surface area contributed by atoms with Crippen molar-refractivity contribution in [1.29, 1.82) is 0 Å². The third kappa shape index (κ3) is 3.12. The number of thiol groups is 1. The molecule has 4 nitrogen and oxygen atoms in total. The first-order chi connectivity index (χ1) is 7.06. The van der Waals surface area contributed by atoms with Crippen molar-refractivity contribution in [3.05, 3.63) is 0 Å². The van der Waals surface area contributed by atoms with Crippen molar-refractivity contribution in [2.24, 2.45) is 11.7 Å². The van der Waals surface area contributed by atoms with Gasteiger partial charge in [-0.2, -0.15) is 12.6 Å². The van der Waals surface area contributed by atoms with E-state index in [1.807, 2.05) is 6.92 Å². The fourth-order valence-electron chi connectivity index (χ4n) is 1.93. The van der Waals surface area contributed by atoms with Gasteiger partial charge in [0.2, 0.25) is 11.8 Å². The number of likely N-dealkylation sites (tertiary alicyclic amines) is 1. The molecule has 1 rings (SSSR count). The molecule has 2 amide bonds. The van der Waals surface area contributed by atoms with Crippen molar-refractivity contribution in [1.82, 2.24) is 4.90 Å². The lowest BCUT2D eigenvalue weighted by Crippen LogP contribution is -2.48. The smallest absolute Gasteiger partial charge is 0.223 e. The second kappa shape index (κ2) is 5.39. The van der Waals surface area contributed by atoms with Crippen LogP contribution in [0.4, 0.5) is 0 Å². The Balaban J connectivity index is 2.60. The van der Waals surface area contributed by atoms with E-state index in [0.29, 0.717) is 18.7 Å². The highest BCUT2D eigenvalue weighted by Gasteiger charge is 2.30. The number of hydrogen-bond acceptors (Lipinski definition) is 3. The van der Waals surface area contributed by atoms with E-state index in [2.05, 4.69) is 12.6 Å². The minimum absolute atomic E-state index is 0.0726. The number of primary amides is 1. The molecule has 1 aliphatic heterocycles. The monoisotopic (exact) mass is 230 g/mol. The van der Waals surface area contributed by atoms with Crippen molar-refractivity contribution in [2.75, 3.05) is 12.3 Å². The van der Waals surface area contributed by atoms with Crippen LogP contribution in [0.2, 0.25) is 0 Å². The summed E-state index contributed by atoms with van der Waals surface area (Å²) in [6.07, 6.45) is 2.08. The maximum atomic E-state index is 11.7. The van der Waals surface area contributed by atoms with E-state index < -0.39 is 0 Å². The van der Waals surface area contributed by atoms with Gasteiger partial charge < -0.3 is 10.6 Å². The van der Waals surface area contributed by atoms with Crippen LogP contribution in [-0.4, -0.2) is 35.1 Å². The molecule has 2 unspecified atom stereocenters. The number of carbonyl (C=O) groups excluding carboxylic acids is 2. The first kappa shape index (κ1) is 12.4. The van der Waals surface area contributed by atoms with Gasteiger partial charge in [-0.3, -0.25) is 9.59 Å². The highest BCUT2D eigenvalue weighted by atomic mass is 32.1. The zero-order valence-electron chi connectivity index (χ0n) is 8.98. The molecule has 0 aromatic carbocycles. The third-order valence-electron chi connectivity index (χ3n) is 2.93. The molecule has 1 fully saturated rings. The molecule has 0 aromatic heterocycles. The van der Waals surface area contributed by atoms with E-state index in [9.17, 15) is 9.59 Å². The largest absolute Gasteiger partial charge is 0.369 e. The molecule has 86 valence electrons. The highest BCUT2D eigenvalue weighted by molar-refractivity contribution is 7.80. The van der Waals surface area contributed by atoms with E-state index in [-0.39, 0.29) is 23.8 Å². The van der Waals surface area contributed by atoms with Crippen LogP contribution in [0.25, 0.3) is 0 Å². The summed E-state index contributed by atoms with van der Waals surface area (Å²) in [6, 6.07) is 0.216. The lowest BCUT2D eigenvalue weighted by molar-refractivity contribution is -0.137. The van der Waals surface area contributed by atoms with Crippen LogP contribution in [0, 0.1) is 5.92 Å². The fourth-order valence-corrected chi connectivity index (χ4v) is 2.12. The summed E-state index contributed by atoms with van der Waals surface area (Å²) in [5.74, 6) is 0.141. The maximum absolute atomic E-state index is 11.7. The van der Waals surface area contributed by atoms with Gasteiger partial charge in [0.1, 0.15) is 0 Å². The molecule has 2 N–H and O–H groups in total. The summed E-state index contributed by atoms with van der Waals surface area (Å²) in [7, 11) is 0. The number of carbonyl (C=O) groups is 2. The third-order valence-corrected chi connectivity index (χ3v) is 3.15. The molecular weight excluding hydrogens is 212 g/mol. The van der Waals surface area contributed by atoms with Crippen molar-refractivity contribution in [2.45, 2.75) is 32.2 Å². The second-order valence-electron chi connectivity index (χ2n) is 4.05. The average molecular weight is 230 g/mol. The van der Waals surface area contributed by atoms with E-state index in [4.69, 9.17) is 5.73 Å². The predicted molar refractivity (Wildman–Crippen MR) is 61.6 cm³/mol. The molecule has 1 heterocycles. The Morgan fingerprint density at radius 2 is 2.13 bits per heavy atom. The molecule has 15 heavy (non-hydrogen) atoms. The number of piperidine rings is 1. The number of nitrogens with two attached hydrogens (primary N) is 1. The minimum atomic E-state index is -0.300. The van der Waals surface area contributed by atoms with Gasteiger partial charge in [-0.1, -0.05) is 0 Å². The van der Waals surface area contributed by atoms with Crippen LogP contribution in [0.5, 0.6) is 0 Å². The fraction of sp³-hybridized carbons (Fsp3) is 0.800. The molecule has 2 atom stereocenters. The van der Waals surface area contributed by atoms with Crippen molar-refractivity contribution in [3.8, 4) is 0 Å². The molecule has 5 heteroatoms. The molecule has 0 bridgehead atoms. The predicted octanol–water partition coefficient (Wildman–Crippen LogP) is 0.419. The van der Waals surface area contributed by atoms with Gasteiger partial charge >= 0.3 is 0 Å². The van der Waals surface area contributed by atoms with Gasteiger partial charge in [0.25, 0.3) is 0 Å². The van der Waals surface area contributed by atoms with E-state index >= 15 is 0 Å². The van der Waals surface area contributed by atoms with Crippen LogP contribution in [-0.2, 0) is 9.59 Å². The molecule has 0 radical (unpaired) electrons. The zero-order chi connectivity index (χ0) is 11.4. The Hall–Kier alpha value is -0.710. The molecule has 0 spiro atoms. The first-order valence-corrected chi connectivity index (χ1v) is 5.89. The van der Waals surface area contributed by atoms with Crippen LogP contribution in [0.15, 0.2) is 0 Å². The van der Waals surface area contributed by atoms with Gasteiger partial charge in [-0.15, -0.1) is 0 Å². The van der Waals surface area contributed by atoms with Gasteiger partial charge in [-0.25, -0.2) is 0 Å². The lowest BCUT2D eigenvalue weighted by atomic mass is 9.93. The van der Waals surface area contributed by atoms with Crippen molar-refractivity contribution in [3.63, 3.8) is 0 Å². The Morgan fingerprint density at radius 1 is 1.47 bits per heavy atom. The van der Waals surface area contributed by atoms with Gasteiger partial charge in [-0.05, 0) is 25.5 Å². The quantitative estimate of drug-likeness (QED) is 0.690. The molecular formula is C10H18N2O2S. The number of amides is 2. The topological polar surface area (TPSA) is 63.4 Å². The van der Waals surface area contributed by atoms with E-state index in [1.54, 1.807) is 4.90 Å². The summed E-state index contributed by atoms with van der Waals surface area (Å²) in [4.78, 5) is 24.5. The summed E-state index contributed by atoms with van der Waals surface area (Å²) in [5, 5.41) is 0. The van der Waals surface area contributed by atoms with Gasteiger partial charge in [0.15, 0.2) is 0 Å². The Morgan fingerprint density at radius 3 is 2.67 bits per heavy atom. The van der Waals surface area contributed by atoms with E-state index in [0.717, 1.165) is 12.8 Å². The summed E-state index contributed by atoms with van der Waals surface area (Å²) in [6.45, 7) is 2.48. The van der Waals surface area contributed by atoms with Crippen LogP contribution >= 0.6 is 12.6 Å². The number of nitrogens with zero attached hydrogens (tertiary/aromatic N) is 1. The maximum Gasteiger partial charge on any atom is 0.223 e. The van der Waals surface area contributed by atoms with Gasteiger partial charge in [0.05, 0.1) is 5.92 Å². The zero-order valence-corrected chi connectivity index (χ0v) is 9.87. The highest BCUT2D eigenvalue weighted by Crippen LogP contribution is 2.22. The standard InChI is InChI=1S/C10H18N2O2S/c1-7-2-3-8(10(11)14)6-12(7)9(13)4-5-15/h7-8,15H,2-6H2,1H3,(H2,11,14). The summed E-state index contributed by atoms with van der Waals surface area (Å²) < 4.78 is 0. The summed E-state index contributed by atoms with van der Waals surface area (Å²) >= 11 is 4.03. The lowest BCUT2D eigenvalue weighted by Gasteiger charge is -2.36. The minimum Gasteiger partial charge on any atom is -0.369 e. The van der Waals surface area contributed by atoms with Crippen molar-refractivity contribution >= 4 is 24.4 Å². The normalized spacial score (nSPS) is 26.4. The molecule has 0 aliphatic carbocycles. The van der Waals surface area contributed by atoms with Gasteiger partial charge in [0, 0.05) is 19.0 Å². The first-order valence-electron chi connectivity index (χ1n) is 5.26. The molecule has 1 aliphatic rings. The molecule has 1 saturated heterocycles. The SMILES string of the molecule is CC1CCC(C(N)=O)CN1C(=O)CCS. The van der Waals surface area contributed by atoms with Crippen LogP contribution in [0.1, 0.15) is 26.2 Å². The van der Waals surface area contributed by atoms with E-state index in [1.165, 1.54) is 0 Å². The molecule has 0 aromatic rings. The Bertz CT molecular complexity index is 258. The molecule has 0 saturated carbocycles. The van der Waals surface area contributed by atoms with Crippen molar-refractivity contribution < 1.29 is 9.59 Å². The van der Waals surface area contributed by atoms with Crippen LogP contribution < -0.4 is 5.73 Å². The average Bonchev–Trinajstić information content (AvgIpc) is 2.18. The number of rotatable bonds is 3. The Labute approximate surface area is 95.6 Å². The number of hydrogen-bond donors (Lipinski definition) is 2.